The summed E-state index contributed by atoms with van der Waals surface area (Å²) in [4.78, 5) is 37.1. The number of amides is 2. The van der Waals surface area contributed by atoms with Crippen molar-refractivity contribution >= 4 is 62.2 Å². The van der Waals surface area contributed by atoms with Gasteiger partial charge in [-0.05, 0) is 114 Å². The molecule has 0 spiro atoms. The molecule has 11 heteroatoms. The van der Waals surface area contributed by atoms with Crippen molar-refractivity contribution in [2.24, 2.45) is 0 Å². The average molecular weight is 746 g/mol. The van der Waals surface area contributed by atoms with Gasteiger partial charge >= 0.3 is 13.1 Å². The fraction of sp³-hybridized carbons (Fsp3) is 0.382. The molecular formula is C34H43BBr2N2O6. The number of carboxylic acid groups (broad SMARTS) is 1. The molecular weight excluding hydrogens is 703 g/mol. The minimum Gasteiger partial charge on any atom is -0.478 e. The maximum Gasteiger partial charge on any atom is 0.495 e. The minimum absolute atomic E-state index is 0.00133. The van der Waals surface area contributed by atoms with E-state index >= 15 is 0 Å². The molecule has 3 aromatic rings. The van der Waals surface area contributed by atoms with Gasteiger partial charge in [0.1, 0.15) is 0 Å². The number of hydrogen-bond acceptors (Lipinski definition) is 5. The van der Waals surface area contributed by atoms with Crippen LogP contribution in [0.5, 0.6) is 0 Å². The molecule has 45 heavy (non-hydrogen) atoms. The van der Waals surface area contributed by atoms with Crippen molar-refractivity contribution in [3.63, 3.8) is 0 Å². The second-order valence-electron chi connectivity index (χ2n) is 12.3. The van der Waals surface area contributed by atoms with Gasteiger partial charge in [-0.3, -0.25) is 9.59 Å². The van der Waals surface area contributed by atoms with E-state index in [1.165, 1.54) is 0 Å². The molecule has 1 heterocycles. The van der Waals surface area contributed by atoms with Gasteiger partial charge in [-0.2, -0.15) is 0 Å². The van der Waals surface area contributed by atoms with Crippen LogP contribution in [-0.2, 0) is 9.31 Å². The molecule has 0 bridgehead atoms. The zero-order valence-electron chi connectivity index (χ0n) is 27.9. The lowest BCUT2D eigenvalue weighted by molar-refractivity contribution is 0.00578. The number of carbonyl (C=O) groups excluding carboxylic acids is 2. The second-order valence-corrected chi connectivity index (χ2v) is 14.0. The van der Waals surface area contributed by atoms with Gasteiger partial charge in [0.25, 0.3) is 11.8 Å². The molecule has 0 atom stereocenters. The maximum absolute atomic E-state index is 12.0. The molecule has 0 aromatic heterocycles. The Bertz CT molecular complexity index is 1540. The molecule has 0 unspecified atom stereocenters. The van der Waals surface area contributed by atoms with Gasteiger partial charge in [0, 0.05) is 48.3 Å². The zero-order valence-corrected chi connectivity index (χ0v) is 31.1. The average Bonchev–Trinajstić information content (AvgIpc) is 3.17. The number of carbonyl (C=O) groups is 3. The molecule has 4 rings (SSSR count). The van der Waals surface area contributed by atoms with E-state index in [1.54, 1.807) is 56.2 Å². The predicted molar refractivity (Wildman–Crippen MR) is 188 cm³/mol. The van der Waals surface area contributed by atoms with Crippen molar-refractivity contribution in [1.82, 2.24) is 9.80 Å². The summed E-state index contributed by atoms with van der Waals surface area (Å²) in [6.45, 7) is 13.9. The number of benzene rings is 3. The Morgan fingerprint density at radius 1 is 0.644 bits per heavy atom. The van der Waals surface area contributed by atoms with Gasteiger partial charge in [0.15, 0.2) is 0 Å². The molecule has 1 saturated heterocycles. The van der Waals surface area contributed by atoms with Gasteiger partial charge in [-0.25, -0.2) is 4.79 Å². The van der Waals surface area contributed by atoms with E-state index in [0.29, 0.717) is 11.1 Å². The Morgan fingerprint density at radius 2 is 1.00 bits per heavy atom. The molecule has 0 radical (unpaired) electrons. The third-order valence-corrected chi connectivity index (χ3v) is 9.43. The molecule has 8 nitrogen and oxygen atoms in total. The van der Waals surface area contributed by atoms with Crippen molar-refractivity contribution in [3.8, 4) is 0 Å². The normalized spacial score (nSPS) is 14.4. The highest BCUT2D eigenvalue weighted by atomic mass is 79.9. The molecule has 0 aliphatic carbocycles. The van der Waals surface area contributed by atoms with E-state index in [4.69, 9.17) is 14.4 Å². The molecule has 1 aliphatic heterocycles. The first kappa shape index (κ1) is 38.2. The molecule has 1 aliphatic rings. The van der Waals surface area contributed by atoms with Gasteiger partial charge < -0.3 is 24.2 Å². The Balaban J connectivity index is 0.000000252. The first-order valence-electron chi connectivity index (χ1n) is 14.3. The maximum atomic E-state index is 12.0. The summed E-state index contributed by atoms with van der Waals surface area (Å²) < 4.78 is 14.1. The third-order valence-electron chi connectivity index (χ3n) is 7.65. The van der Waals surface area contributed by atoms with E-state index in [-0.39, 0.29) is 23.0 Å². The Kier molecular flexibility index (Phi) is 13.2. The van der Waals surface area contributed by atoms with Crippen molar-refractivity contribution in [3.05, 3.63) is 96.9 Å². The van der Waals surface area contributed by atoms with E-state index in [2.05, 4.69) is 31.9 Å². The summed E-state index contributed by atoms with van der Waals surface area (Å²) in [5.41, 5.74) is 5.00. The van der Waals surface area contributed by atoms with Crippen LogP contribution in [0, 0.1) is 20.8 Å². The van der Waals surface area contributed by atoms with Crippen LogP contribution < -0.4 is 5.46 Å². The minimum atomic E-state index is -0.888. The number of aromatic carboxylic acids is 1. The number of rotatable bonds is 4. The van der Waals surface area contributed by atoms with E-state index < -0.39 is 13.1 Å². The van der Waals surface area contributed by atoms with Gasteiger partial charge in [0.2, 0.25) is 0 Å². The van der Waals surface area contributed by atoms with Crippen LogP contribution >= 0.6 is 31.9 Å². The van der Waals surface area contributed by atoms with Crippen LogP contribution in [0.3, 0.4) is 0 Å². The lowest BCUT2D eigenvalue weighted by atomic mass is 9.76. The van der Waals surface area contributed by atoms with Crippen LogP contribution in [0.4, 0.5) is 0 Å². The lowest BCUT2D eigenvalue weighted by Gasteiger charge is -2.32. The summed E-state index contributed by atoms with van der Waals surface area (Å²) >= 11 is 6.68. The number of carboxylic acids is 1. The molecule has 2 amide bonds. The largest absolute Gasteiger partial charge is 0.495 e. The molecule has 3 aromatic carbocycles. The predicted octanol–water partition coefficient (Wildman–Crippen LogP) is 6.91. The standard InChI is InChI=1S/C16H24BNO3.C10H12BrNO.C8H7BrO2/c1-11-10-12(14(19)18(6)7)8-9-13(11)17-20-15(2,3)16(4,5)21-17;1-7-6-8(4-5-9(7)11)10(13)12(2)3;1-5-4-6(8(10)11)2-3-7(5)9/h8-10H,1-7H3;4-6H,1-3H3;2-4H,1H3,(H,10,11). The SMILES string of the molecule is Cc1cc(C(=O)N(C)C)ccc1B1OC(C)(C)C(C)(C)O1.Cc1cc(C(=O)N(C)C)ccc1Br.Cc1cc(C(=O)O)ccc1Br. The first-order chi connectivity index (χ1) is 20.7. The molecule has 0 saturated carbocycles. The third kappa shape index (κ3) is 10.00. The van der Waals surface area contributed by atoms with Crippen LogP contribution in [0.15, 0.2) is 63.5 Å². The van der Waals surface area contributed by atoms with Crippen molar-refractivity contribution in [2.45, 2.75) is 59.7 Å². The molecule has 1 fully saturated rings. The number of hydrogen-bond donors (Lipinski definition) is 1. The van der Waals surface area contributed by atoms with Crippen LogP contribution in [0.2, 0.25) is 0 Å². The Morgan fingerprint density at radius 3 is 1.36 bits per heavy atom. The lowest BCUT2D eigenvalue weighted by Crippen LogP contribution is -2.41. The summed E-state index contributed by atoms with van der Waals surface area (Å²) in [6.07, 6.45) is 0. The summed E-state index contributed by atoms with van der Waals surface area (Å²) in [6, 6.07) is 16.2. The van der Waals surface area contributed by atoms with Gasteiger partial charge in [0.05, 0.1) is 16.8 Å². The Hall–Kier alpha value is -2.99. The highest BCUT2D eigenvalue weighted by Gasteiger charge is 2.52. The van der Waals surface area contributed by atoms with Crippen LogP contribution in [-0.4, -0.2) is 79.2 Å². The molecule has 1 N–H and O–H groups in total. The Labute approximate surface area is 284 Å². The summed E-state index contributed by atoms with van der Waals surface area (Å²) in [5.74, 6) is -0.852. The molecule has 242 valence electrons. The highest BCUT2D eigenvalue weighted by Crippen LogP contribution is 2.36. The van der Waals surface area contributed by atoms with Crippen molar-refractivity contribution < 1.29 is 28.8 Å². The fourth-order valence-electron chi connectivity index (χ4n) is 4.12. The highest BCUT2D eigenvalue weighted by molar-refractivity contribution is 9.10. The van der Waals surface area contributed by atoms with Crippen LogP contribution in [0.1, 0.15) is 75.5 Å². The summed E-state index contributed by atoms with van der Waals surface area (Å²) in [5, 5.41) is 8.58. The first-order valence-corrected chi connectivity index (χ1v) is 15.9. The number of nitrogens with zero attached hydrogens (tertiary/aromatic N) is 2. The monoisotopic (exact) mass is 744 g/mol. The second kappa shape index (κ2) is 15.5. The van der Waals surface area contributed by atoms with E-state index in [0.717, 1.165) is 36.7 Å². The van der Waals surface area contributed by atoms with E-state index in [9.17, 15) is 14.4 Å². The quantitative estimate of drug-likeness (QED) is 0.292. The van der Waals surface area contributed by atoms with Crippen molar-refractivity contribution in [2.75, 3.05) is 28.2 Å². The fourth-order valence-corrected chi connectivity index (χ4v) is 4.61. The van der Waals surface area contributed by atoms with Gasteiger partial charge in [-0.1, -0.05) is 43.5 Å². The summed E-state index contributed by atoms with van der Waals surface area (Å²) in [7, 11) is 6.61. The zero-order chi connectivity index (χ0) is 34.4. The number of aryl methyl sites for hydroxylation is 3. The number of halogens is 2. The van der Waals surface area contributed by atoms with Crippen LogP contribution in [0.25, 0.3) is 0 Å². The topological polar surface area (TPSA) is 96.4 Å². The van der Waals surface area contributed by atoms with Crippen molar-refractivity contribution in [1.29, 1.82) is 0 Å². The van der Waals surface area contributed by atoms with Gasteiger partial charge in [-0.15, -0.1) is 0 Å². The van der Waals surface area contributed by atoms with E-state index in [1.807, 2.05) is 84.9 Å². The smallest absolute Gasteiger partial charge is 0.478 e.